The van der Waals surface area contributed by atoms with Crippen molar-refractivity contribution < 1.29 is 14.4 Å². The minimum atomic E-state index is -0.573. The quantitative estimate of drug-likeness (QED) is 0.549. The highest BCUT2D eigenvalue weighted by Gasteiger charge is 2.29. The van der Waals surface area contributed by atoms with Gasteiger partial charge in [-0.25, -0.2) is 4.79 Å². The summed E-state index contributed by atoms with van der Waals surface area (Å²) in [6.07, 6.45) is 5.88. The Labute approximate surface area is 96.9 Å². The largest absolute Gasteiger partial charge is 0.338 e. The third-order valence-electron chi connectivity index (χ3n) is 2.84. The lowest BCUT2D eigenvalue weighted by molar-refractivity contribution is -0.208. The molecule has 4 heteroatoms. The van der Waals surface area contributed by atoms with E-state index in [0.717, 1.165) is 25.7 Å². The van der Waals surface area contributed by atoms with Gasteiger partial charge >= 0.3 is 5.97 Å². The molecule has 1 aliphatic rings. The van der Waals surface area contributed by atoms with Crippen LogP contribution in [0.15, 0.2) is 0 Å². The summed E-state index contributed by atoms with van der Waals surface area (Å²) < 4.78 is 0. The fraction of sp³-hybridized carbons (Fsp3) is 0.833. The summed E-state index contributed by atoms with van der Waals surface area (Å²) >= 11 is 0. The number of rotatable bonds is 3. The predicted molar refractivity (Wildman–Crippen MR) is 60.3 cm³/mol. The van der Waals surface area contributed by atoms with Crippen LogP contribution in [-0.2, 0) is 14.4 Å². The first-order chi connectivity index (χ1) is 7.45. The molecule has 0 unspecified atom stereocenters. The van der Waals surface area contributed by atoms with E-state index in [1.165, 1.54) is 11.5 Å². The van der Waals surface area contributed by atoms with E-state index >= 15 is 0 Å². The normalized spacial score (nSPS) is 17.9. The number of nitrogens with zero attached hydrogens (tertiary/aromatic N) is 1. The molecule has 16 heavy (non-hydrogen) atoms. The van der Waals surface area contributed by atoms with Gasteiger partial charge in [0, 0.05) is 0 Å². The number of hydrogen-bond donors (Lipinski definition) is 0. The van der Waals surface area contributed by atoms with Crippen molar-refractivity contribution in [2.75, 3.05) is 0 Å². The van der Waals surface area contributed by atoms with Gasteiger partial charge in [-0.1, -0.05) is 19.3 Å². The van der Waals surface area contributed by atoms with Gasteiger partial charge in [-0.05, 0) is 33.6 Å². The first kappa shape index (κ1) is 13.0. The van der Waals surface area contributed by atoms with E-state index in [-0.39, 0.29) is 12.0 Å². The number of hydrogen-bond acceptors (Lipinski definition) is 3. The van der Waals surface area contributed by atoms with Crippen LogP contribution < -0.4 is 0 Å². The van der Waals surface area contributed by atoms with Crippen molar-refractivity contribution in [1.82, 2.24) is 5.06 Å². The molecule has 4 nitrogen and oxygen atoms in total. The number of hydroxylamine groups is 2. The molecule has 0 atom stereocenters. The van der Waals surface area contributed by atoms with Gasteiger partial charge < -0.3 is 4.84 Å². The van der Waals surface area contributed by atoms with Crippen LogP contribution in [0.4, 0.5) is 0 Å². The van der Waals surface area contributed by atoms with Gasteiger partial charge in [0.25, 0.3) is 0 Å². The zero-order valence-electron chi connectivity index (χ0n) is 10.4. The van der Waals surface area contributed by atoms with Gasteiger partial charge in [-0.15, -0.1) is 0 Å². The Kier molecular flexibility index (Phi) is 4.33. The van der Waals surface area contributed by atoms with Gasteiger partial charge in [-0.3, -0.25) is 4.79 Å². The fourth-order valence-electron chi connectivity index (χ4n) is 1.75. The Morgan fingerprint density at radius 1 is 1.25 bits per heavy atom. The summed E-state index contributed by atoms with van der Waals surface area (Å²) in [4.78, 5) is 27.7. The maximum absolute atomic E-state index is 11.7. The molecular weight excluding hydrogens is 206 g/mol. The zero-order chi connectivity index (χ0) is 12.2. The van der Waals surface area contributed by atoms with Gasteiger partial charge in [0.15, 0.2) is 0 Å². The highest BCUT2D eigenvalue weighted by Crippen LogP contribution is 2.23. The van der Waals surface area contributed by atoms with Gasteiger partial charge in [0.05, 0.1) is 11.5 Å². The third-order valence-corrected chi connectivity index (χ3v) is 2.84. The molecule has 0 aliphatic heterocycles. The molecule has 1 fully saturated rings. The Bertz CT molecular complexity index is 251. The standard InChI is InChI=1S/C12H21NO3/c1-12(2,3)11(15)16-13(9-14)10-7-5-4-6-8-10/h9-10H,4-8H2,1-3H3. The SMILES string of the molecule is CC(C)(C)C(=O)ON(C=O)C1CCCCC1. The fourth-order valence-corrected chi connectivity index (χ4v) is 1.75. The third kappa shape index (κ3) is 3.51. The van der Waals surface area contributed by atoms with Crippen molar-refractivity contribution in [2.45, 2.75) is 58.9 Å². The van der Waals surface area contributed by atoms with Crippen molar-refractivity contribution in [1.29, 1.82) is 0 Å². The molecule has 0 N–H and O–H groups in total. The Hall–Kier alpha value is -1.06. The van der Waals surface area contributed by atoms with Crippen LogP contribution in [0.1, 0.15) is 52.9 Å². The Morgan fingerprint density at radius 2 is 1.81 bits per heavy atom. The van der Waals surface area contributed by atoms with Crippen molar-refractivity contribution in [3.8, 4) is 0 Å². The lowest BCUT2D eigenvalue weighted by atomic mass is 9.95. The summed E-state index contributed by atoms with van der Waals surface area (Å²) in [7, 11) is 0. The summed E-state index contributed by atoms with van der Waals surface area (Å²) in [6.45, 7) is 5.33. The maximum Gasteiger partial charge on any atom is 0.337 e. The molecule has 0 aromatic heterocycles. The topological polar surface area (TPSA) is 46.6 Å². The summed E-state index contributed by atoms with van der Waals surface area (Å²) in [5.74, 6) is -0.356. The van der Waals surface area contributed by atoms with Crippen LogP contribution >= 0.6 is 0 Å². The van der Waals surface area contributed by atoms with Crippen LogP contribution in [0, 0.1) is 5.41 Å². The Balaban J connectivity index is 2.54. The lowest BCUT2D eigenvalue weighted by Crippen LogP contribution is -2.40. The van der Waals surface area contributed by atoms with Gasteiger partial charge in [0.2, 0.25) is 6.41 Å². The summed E-state index contributed by atoms with van der Waals surface area (Å²) in [5.41, 5.74) is -0.573. The Morgan fingerprint density at radius 3 is 2.25 bits per heavy atom. The molecule has 0 aromatic carbocycles. The van der Waals surface area contributed by atoms with Crippen molar-refractivity contribution in [2.24, 2.45) is 5.41 Å². The second-order valence-corrected chi connectivity index (χ2v) is 5.39. The van der Waals surface area contributed by atoms with Crippen LogP contribution in [0.2, 0.25) is 0 Å². The molecule has 0 spiro atoms. The van der Waals surface area contributed by atoms with Crippen LogP contribution in [0.25, 0.3) is 0 Å². The molecule has 92 valence electrons. The van der Waals surface area contributed by atoms with E-state index in [9.17, 15) is 9.59 Å². The first-order valence-electron chi connectivity index (χ1n) is 5.91. The maximum atomic E-state index is 11.7. The molecule has 1 saturated carbocycles. The van der Waals surface area contributed by atoms with Gasteiger partial charge in [-0.2, -0.15) is 5.06 Å². The highest BCUT2D eigenvalue weighted by atomic mass is 16.7. The summed E-state index contributed by atoms with van der Waals surface area (Å²) in [5, 5.41) is 1.20. The first-order valence-corrected chi connectivity index (χ1v) is 5.91. The van der Waals surface area contributed by atoms with E-state index in [1.807, 2.05) is 0 Å². The smallest absolute Gasteiger partial charge is 0.337 e. The van der Waals surface area contributed by atoms with E-state index in [0.29, 0.717) is 6.41 Å². The van der Waals surface area contributed by atoms with E-state index < -0.39 is 5.41 Å². The minimum absolute atomic E-state index is 0.0672. The van der Waals surface area contributed by atoms with Crippen LogP contribution in [-0.4, -0.2) is 23.5 Å². The molecule has 0 radical (unpaired) electrons. The van der Waals surface area contributed by atoms with E-state index in [1.54, 1.807) is 20.8 Å². The molecular formula is C12H21NO3. The van der Waals surface area contributed by atoms with E-state index in [2.05, 4.69) is 0 Å². The zero-order valence-corrected chi connectivity index (χ0v) is 10.4. The van der Waals surface area contributed by atoms with Crippen molar-refractivity contribution in [3.63, 3.8) is 0 Å². The summed E-state index contributed by atoms with van der Waals surface area (Å²) in [6, 6.07) is 0.0672. The number of carbonyl (C=O) groups excluding carboxylic acids is 2. The van der Waals surface area contributed by atoms with Crippen molar-refractivity contribution in [3.05, 3.63) is 0 Å². The molecule has 0 bridgehead atoms. The molecule has 0 aromatic rings. The van der Waals surface area contributed by atoms with Crippen LogP contribution in [0.3, 0.4) is 0 Å². The molecule has 1 aliphatic carbocycles. The molecule has 0 heterocycles. The number of carbonyl (C=O) groups is 2. The van der Waals surface area contributed by atoms with Crippen LogP contribution in [0.5, 0.6) is 0 Å². The monoisotopic (exact) mass is 227 g/mol. The second kappa shape index (κ2) is 5.32. The second-order valence-electron chi connectivity index (χ2n) is 5.39. The lowest BCUT2D eigenvalue weighted by Gasteiger charge is -2.31. The minimum Gasteiger partial charge on any atom is -0.338 e. The average Bonchev–Trinajstić information content (AvgIpc) is 2.25. The van der Waals surface area contributed by atoms with Crippen molar-refractivity contribution >= 4 is 12.4 Å². The molecule has 0 saturated heterocycles. The van der Waals surface area contributed by atoms with E-state index in [4.69, 9.17) is 4.84 Å². The predicted octanol–water partition coefficient (Wildman–Crippen LogP) is 2.28. The molecule has 1 rings (SSSR count). The molecule has 1 amide bonds. The average molecular weight is 227 g/mol. The van der Waals surface area contributed by atoms with Gasteiger partial charge in [0.1, 0.15) is 0 Å². The number of amides is 1. The highest BCUT2D eigenvalue weighted by molar-refractivity contribution is 5.75.